The van der Waals surface area contributed by atoms with Gasteiger partial charge in [-0.3, -0.25) is 9.78 Å². The molecule has 0 saturated heterocycles. The highest BCUT2D eigenvalue weighted by Crippen LogP contribution is 2.17. The van der Waals surface area contributed by atoms with Gasteiger partial charge in [-0.2, -0.15) is 0 Å². The van der Waals surface area contributed by atoms with Crippen molar-refractivity contribution in [2.45, 2.75) is 19.9 Å². The number of ether oxygens (including phenoxy) is 1. The minimum atomic E-state index is -0.140. The Hall–Kier alpha value is -1.94. The van der Waals surface area contributed by atoms with Gasteiger partial charge in [0, 0.05) is 24.7 Å². The van der Waals surface area contributed by atoms with E-state index >= 15 is 0 Å². The monoisotopic (exact) mass is 272 g/mol. The lowest BCUT2D eigenvalue weighted by Gasteiger charge is -2.17. The number of fused-ring (bicyclic) bond motifs is 1. The second kappa shape index (κ2) is 7.01. The normalized spacial score (nSPS) is 10.9. The number of para-hydroxylation sites is 1. The smallest absolute Gasteiger partial charge is 0.307 e. The first-order valence-electron chi connectivity index (χ1n) is 6.87. The second-order valence-corrected chi connectivity index (χ2v) is 4.78. The van der Waals surface area contributed by atoms with E-state index in [2.05, 4.69) is 16.0 Å². The Kier molecular flexibility index (Phi) is 5.07. The van der Waals surface area contributed by atoms with E-state index in [1.54, 1.807) is 0 Å². The van der Waals surface area contributed by atoms with Crippen molar-refractivity contribution < 1.29 is 9.53 Å². The topological polar surface area (TPSA) is 42.4 Å². The largest absolute Gasteiger partial charge is 0.466 e. The zero-order valence-electron chi connectivity index (χ0n) is 12.0. The molecule has 2 aromatic rings. The van der Waals surface area contributed by atoms with Crippen molar-refractivity contribution in [2.75, 3.05) is 20.2 Å². The Morgan fingerprint density at radius 3 is 2.90 bits per heavy atom. The lowest BCUT2D eigenvalue weighted by Crippen LogP contribution is -2.22. The van der Waals surface area contributed by atoms with E-state index in [1.807, 2.05) is 44.4 Å². The number of benzene rings is 1. The van der Waals surface area contributed by atoms with E-state index in [4.69, 9.17) is 4.74 Å². The van der Waals surface area contributed by atoms with Gasteiger partial charge in [0.25, 0.3) is 0 Å². The zero-order valence-corrected chi connectivity index (χ0v) is 12.0. The summed E-state index contributed by atoms with van der Waals surface area (Å²) in [5.41, 5.74) is 2.23. The summed E-state index contributed by atoms with van der Waals surface area (Å²) in [6, 6.07) is 10.1. The molecule has 0 spiro atoms. The number of pyridine rings is 1. The van der Waals surface area contributed by atoms with Crippen molar-refractivity contribution in [3.8, 4) is 0 Å². The molecule has 4 nitrogen and oxygen atoms in total. The molecule has 0 bridgehead atoms. The summed E-state index contributed by atoms with van der Waals surface area (Å²) in [4.78, 5) is 17.8. The number of carbonyl (C=O) groups excluding carboxylic acids is 1. The molecule has 0 aliphatic heterocycles. The zero-order chi connectivity index (χ0) is 14.4. The Labute approximate surface area is 119 Å². The van der Waals surface area contributed by atoms with Crippen LogP contribution < -0.4 is 0 Å². The molecule has 1 aromatic heterocycles. The van der Waals surface area contributed by atoms with Gasteiger partial charge in [-0.15, -0.1) is 0 Å². The highest BCUT2D eigenvalue weighted by molar-refractivity contribution is 5.81. The van der Waals surface area contributed by atoms with Gasteiger partial charge < -0.3 is 9.64 Å². The van der Waals surface area contributed by atoms with Gasteiger partial charge in [-0.1, -0.05) is 18.2 Å². The van der Waals surface area contributed by atoms with Crippen molar-refractivity contribution in [1.82, 2.24) is 9.88 Å². The third-order valence-corrected chi connectivity index (χ3v) is 3.18. The summed E-state index contributed by atoms with van der Waals surface area (Å²) in [7, 11) is 2.01. The molecule has 0 N–H and O–H groups in total. The number of rotatable bonds is 6. The maximum absolute atomic E-state index is 11.4. The second-order valence-electron chi connectivity index (χ2n) is 4.78. The van der Waals surface area contributed by atoms with Gasteiger partial charge in [0.1, 0.15) is 0 Å². The molecule has 0 amide bonds. The molecule has 0 aliphatic carbocycles. The van der Waals surface area contributed by atoms with Crippen LogP contribution in [0.5, 0.6) is 0 Å². The van der Waals surface area contributed by atoms with Crippen LogP contribution in [0.2, 0.25) is 0 Å². The molecule has 0 atom stereocenters. The fourth-order valence-electron chi connectivity index (χ4n) is 2.18. The van der Waals surface area contributed by atoms with Crippen molar-refractivity contribution in [1.29, 1.82) is 0 Å². The quantitative estimate of drug-likeness (QED) is 0.758. The van der Waals surface area contributed by atoms with Crippen LogP contribution >= 0.6 is 0 Å². The van der Waals surface area contributed by atoms with E-state index < -0.39 is 0 Å². The first-order chi connectivity index (χ1) is 9.70. The molecule has 0 unspecified atom stereocenters. The maximum atomic E-state index is 11.4. The molecule has 0 saturated carbocycles. The third kappa shape index (κ3) is 3.78. The predicted molar refractivity (Wildman–Crippen MR) is 79.3 cm³/mol. The number of hydrogen-bond acceptors (Lipinski definition) is 4. The van der Waals surface area contributed by atoms with Crippen LogP contribution in [-0.2, 0) is 16.1 Å². The van der Waals surface area contributed by atoms with E-state index in [1.165, 1.54) is 5.56 Å². The number of esters is 1. The van der Waals surface area contributed by atoms with Crippen molar-refractivity contribution in [2.24, 2.45) is 0 Å². The van der Waals surface area contributed by atoms with Crippen molar-refractivity contribution >= 4 is 16.9 Å². The lowest BCUT2D eigenvalue weighted by atomic mass is 10.1. The Balaban J connectivity index is 1.99. The summed E-state index contributed by atoms with van der Waals surface area (Å²) in [5, 5.41) is 1.16. The fourth-order valence-corrected chi connectivity index (χ4v) is 2.18. The molecule has 20 heavy (non-hydrogen) atoms. The van der Waals surface area contributed by atoms with Gasteiger partial charge in [-0.05, 0) is 31.7 Å². The number of nitrogens with zero attached hydrogens (tertiary/aromatic N) is 2. The van der Waals surface area contributed by atoms with E-state index in [-0.39, 0.29) is 5.97 Å². The van der Waals surface area contributed by atoms with Crippen LogP contribution in [0.1, 0.15) is 18.9 Å². The molecule has 2 rings (SSSR count). The molecular weight excluding hydrogens is 252 g/mol. The standard InChI is InChI=1S/C16H20N2O2/c1-3-20-16(19)9-11-18(2)12-13-8-10-17-15-7-5-4-6-14(13)15/h4-8,10H,3,9,11-12H2,1-2H3. The molecule has 1 heterocycles. The van der Waals surface area contributed by atoms with E-state index in [0.29, 0.717) is 19.6 Å². The highest BCUT2D eigenvalue weighted by atomic mass is 16.5. The van der Waals surface area contributed by atoms with Crippen molar-refractivity contribution in [3.05, 3.63) is 42.1 Å². The summed E-state index contributed by atoms with van der Waals surface area (Å²) in [6.45, 7) is 3.75. The summed E-state index contributed by atoms with van der Waals surface area (Å²) < 4.78 is 4.94. The Morgan fingerprint density at radius 1 is 1.30 bits per heavy atom. The Morgan fingerprint density at radius 2 is 2.10 bits per heavy atom. The third-order valence-electron chi connectivity index (χ3n) is 3.18. The summed E-state index contributed by atoms with van der Waals surface area (Å²) >= 11 is 0. The van der Waals surface area contributed by atoms with Crippen LogP contribution in [0.25, 0.3) is 10.9 Å². The molecule has 0 fully saturated rings. The number of carbonyl (C=O) groups is 1. The summed E-state index contributed by atoms with van der Waals surface area (Å²) in [5.74, 6) is -0.140. The number of hydrogen-bond donors (Lipinski definition) is 0. The van der Waals surface area contributed by atoms with E-state index in [9.17, 15) is 4.79 Å². The van der Waals surface area contributed by atoms with Gasteiger partial charge in [0.15, 0.2) is 0 Å². The SMILES string of the molecule is CCOC(=O)CCN(C)Cc1ccnc2ccccc12. The van der Waals surface area contributed by atoms with Crippen LogP contribution in [0.3, 0.4) is 0 Å². The van der Waals surface area contributed by atoms with Crippen LogP contribution in [-0.4, -0.2) is 36.1 Å². The van der Waals surface area contributed by atoms with Gasteiger partial charge in [0.05, 0.1) is 18.5 Å². The van der Waals surface area contributed by atoms with E-state index in [0.717, 1.165) is 17.4 Å². The molecular formula is C16H20N2O2. The van der Waals surface area contributed by atoms with Crippen molar-refractivity contribution in [3.63, 3.8) is 0 Å². The molecule has 1 aromatic carbocycles. The van der Waals surface area contributed by atoms with Gasteiger partial charge in [0.2, 0.25) is 0 Å². The average Bonchev–Trinajstić information content (AvgIpc) is 2.46. The lowest BCUT2D eigenvalue weighted by molar-refractivity contribution is -0.143. The summed E-state index contributed by atoms with van der Waals surface area (Å²) in [6.07, 6.45) is 2.25. The Bertz CT molecular complexity index is 578. The molecule has 4 heteroatoms. The molecule has 0 aliphatic rings. The molecule has 0 radical (unpaired) electrons. The first-order valence-corrected chi connectivity index (χ1v) is 6.87. The number of aromatic nitrogens is 1. The average molecular weight is 272 g/mol. The van der Waals surface area contributed by atoms with Gasteiger partial charge >= 0.3 is 5.97 Å². The van der Waals surface area contributed by atoms with Crippen LogP contribution in [0, 0.1) is 0 Å². The maximum Gasteiger partial charge on any atom is 0.307 e. The van der Waals surface area contributed by atoms with Gasteiger partial charge in [-0.25, -0.2) is 0 Å². The minimum Gasteiger partial charge on any atom is -0.466 e. The highest BCUT2D eigenvalue weighted by Gasteiger charge is 2.08. The molecule has 106 valence electrons. The fraction of sp³-hybridized carbons (Fsp3) is 0.375. The predicted octanol–water partition coefficient (Wildman–Crippen LogP) is 2.62. The minimum absolute atomic E-state index is 0.140. The van der Waals surface area contributed by atoms with Crippen LogP contribution in [0.4, 0.5) is 0 Å². The first kappa shape index (κ1) is 14.5. The van der Waals surface area contributed by atoms with Crippen LogP contribution in [0.15, 0.2) is 36.5 Å².